The second kappa shape index (κ2) is 6.21. The van der Waals surface area contributed by atoms with Crippen molar-refractivity contribution in [2.75, 3.05) is 6.54 Å². The molecule has 0 spiro atoms. The van der Waals surface area contributed by atoms with E-state index in [1.54, 1.807) is 17.4 Å². The van der Waals surface area contributed by atoms with Crippen molar-refractivity contribution in [3.05, 3.63) is 51.5 Å². The first kappa shape index (κ1) is 14.1. The molecular formula is C14H16F2N2S. The second-order valence-corrected chi connectivity index (χ2v) is 5.31. The van der Waals surface area contributed by atoms with Crippen molar-refractivity contribution < 1.29 is 8.78 Å². The molecule has 2 rings (SSSR count). The molecule has 2 aromatic rings. The average molecular weight is 282 g/mol. The Morgan fingerprint density at radius 2 is 2.11 bits per heavy atom. The van der Waals surface area contributed by atoms with E-state index in [0.29, 0.717) is 6.42 Å². The van der Waals surface area contributed by atoms with Crippen LogP contribution in [0.15, 0.2) is 23.6 Å². The number of aromatic nitrogens is 1. The van der Waals surface area contributed by atoms with Crippen molar-refractivity contribution in [2.45, 2.75) is 26.3 Å². The van der Waals surface area contributed by atoms with Crippen molar-refractivity contribution in [1.82, 2.24) is 10.3 Å². The van der Waals surface area contributed by atoms with Crippen LogP contribution < -0.4 is 5.32 Å². The fourth-order valence-corrected chi connectivity index (χ4v) is 2.77. The van der Waals surface area contributed by atoms with E-state index in [1.807, 2.05) is 19.2 Å². The Hall–Kier alpha value is -1.33. The largest absolute Gasteiger partial charge is 0.310 e. The van der Waals surface area contributed by atoms with Crippen molar-refractivity contribution in [1.29, 1.82) is 0 Å². The molecule has 0 saturated heterocycles. The van der Waals surface area contributed by atoms with Crippen molar-refractivity contribution in [3.8, 4) is 0 Å². The lowest BCUT2D eigenvalue weighted by Gasteiger charge is -2.17. The summed E-state index contributed by atoms with van der Waals surface area (Å²) in [5, 5.41) is 6.26. The molecule has 1 aromatic carbocycles. The number of nitrogens with zero attached hydrogens (tertiary/aromatic N) is 1. The number of rotatable bonds is 5. The zero-order valence-electron chi connectivity index (χ0n) is 10.9. The number of benzene rings is 1. The van der Waals surface area contributed by atoms with E-state index in [4.69, 9.17) is 0 Å². The van der Waals surface area contributed by atoms with Crippen molar-refractivity contribution in [3.63, 3.8) is 0 Å². The Kier molecular flexibility index (Phi) is 4.61. The van der Waals surface area contributed by atoms with Gasteiger partial charge in [0.1, 0.15) is 0 Å². The monoisotopic (exact) mass is 282 g/mol. The molecule has 0 saturated carbocycles. The van der Waals surface area contributed by atoms with Gasteiger partial charge in [-0.05, 0) is 31.2 Å². The number of nitrogens with one attached hydrogen (secondary N) is 1. The molecule has 19 heavy (non-hydrogen) atoms. The van der Waals surface area contributed by atoms with Gasteiger partial charge in [-0.25, -0.2) is 13.8 Å². The molecule has 0 aliphatic carbocycles. The molecule has 0 aliphatic rings. The Labute approximate surface area is 115 Å². The standard InChI is InChI=1S/C14H16F2N2S/c1-3-17-13(7-14-18-9(2)8-19-14)10-4-5-11(15)12(16)6-10/h4-6,8,13,17H,3,7H2,1-2H3. The summed E-state index contributed by atoms with van der Waals surface area (Å²) in [6, 6.07) is 3.99. The lowest BCUT2D eigenvalue weighted by Crippen LogP contribution is -2.23. The minimum absolute atomic E-state index is 0.0503. The Morgan fingerprint density at radius 3 is 2.68 bits per heavy atom. The summed E-state index contributed by atoms with van der Waals surface area (Å²) in [5.74, 6) is -1.63. The summed E-state index contributed by atoms with van der Waals surface area (Å²) in [6.07, 6.45) is 0.678. The number of hydrogen-bond donors (Lipinski definition) is 1. The second-order valence-electron chi connectivity index (χ2n) is 4.37. The predicted molar refractivity (Wildman–Crippen MR) is 73.3 cm³/mol. The van der Waals surface area contributed by atoms with Gasteiger partial charge in [-0.15, -0.1) is 11.3 Å². The molecule has 0 aliphatic heterocycles. The summed E-state index contributed by atoms with van der Waals surface area (Å²) < 4.78 is 26.3. The van der Waals surface area contributed by atoms with Crippen LogP contribution in [0.4, 0.5) is 8.78 Å². The van der Waals surface area contributed by atoms with Gasteiger partial charge < -0.3 is 5.32 Å². The van der Waals surface area contributed by atoms with Gasteiger partial charge in [0.2, 0.25) is 0 Å². The summed E-state index contributed by atoms with van der Waals surface area (Å²) >= 11 is 1.59. The smallest absolute Gasteiger partial charge is 0.159 e. The minimum Gasteiger partial charge on any atom is -0.310 e. The van der Waals surface area contributed by atoms with Crippen molar-refractivity contribution >= 4 is 11.3 Å². The quantitative estimate of drug-likeness (QED) is 0.906. The first-order valence-electron chi connectivity index (χ1n) is 6.19. The normalized spacial score (nSPS) is 12.6. The fraction of sp³-hybridized carbons (Fsp3) is 0.357. The van der Waals surface area contributed by atoms with Crippen LogP contribution in [0, 0.1) is 18.6 Å². The molecule has 1 N–H and O–H groups in total. The topological polar surface area (TPSA) is 24.9 Å². The summed E-state index contributed by atoms with van der Waals surface area (Å²) in [5.41, 5.74) is 1.73. The van der Waals surface area contributed by atoms with Crippen LogP contribution in [-0.4, -0.2) is 11.5 Å². The van der Waals surface area contributed by atoms with Gasteiger partial charge >= 0.3 is 0 Å². The SMILES string of the molecule is CCNC(Cc1nc(C)cs1)c1ccc(F)c(F)c1. The molecule has 2 nitrogen and oxygen atoms in total. The van der Waals surface area contributed by atoms with Crippen LogP contribution in [0.1, 0.15) is 29.2 Å². The lowest BCUT2D eigenvalue weighted by atomic mass is 10.0. The Morgan fingerprint density at radius 1 is 1.32 bits per heavy atom. The average Bonchev–Trinajstić information content (AvgIpc) is 2.78. The molecule has 1 heterocycles. The third-order valence-electron chi connectivity index (χ3n) is 2.84. The first-order valence-corrected chi connectivity index (χ1v) is 7.07. The number of likely N-dealkylation sites (N-methyl/N-ethyl adjacent to an activating group) is 1. The molecule has 0 fully saturated rings. The van der Waals surface area contributed by atoms with Crippen molar-refractivity contribution in [2.24, 2.45) is 0 Å². The fourth-order valence-electron chi connectivity index (χ4n) is 1.95. The van der Waals surface area contributed by atoms with E-state index in [0.717, 1.165) is 22.8 Å². The van der Waals surface area contributed by atoms with Gasteiger partial charge in [0.25, 0.3) is 0 Å². The van der Waals surface area contributed by atoms with Gasteiger partial charge in [0.15, 0.2) is 11.6 Å². The van der Waals surface area contributed by atoms with Gasteiger partial charge in [0.05, 0.1) is 5.01 Å². The molecule has 102 valence electrons. The van der Waals surface area contributed by atoms with E-state index in [2.05, 4.69) is 10.3 Å². The highest BCUT2D eigenvalue weighted by molar-refractivity contribution is 7.09. The number of thiazole rings is 1. The number of aryl methyl sites for hydroxylation is 1. The highest BCUT2D eigenvalue weighted by Gasteiger charge is 2.15. The van der Waals surface area contributed by atoms with Gasteiger partial charge in [0, 0.05) is 23.5 Å². The van der Waals surface area contributed by atoms with E-state index >= 15 is 0 Å². The van der Waals surface area contributed by atoms with E-state index < -0.39 is 11.6 Å². The maximum Gasteiger partial charge on any atom is 0.159 e. The third-order valence-corrected chi connectivity index (χ3v) is 3.83. The van der Waals surface area contributed by atoms with Gasteiger partial charge in [-0.2, -0.15) is 0 Å². The molecule has 0 radical (unpaired) electrons. The highest BCUT2D eigenvalue weighted by atomic mass is 32.1. The number of hydrogen-bond acceptors (Lipinski definition) is 3. The molecule has 1 unspecified atom stereocenters. The molecule has 0 bridgehead atoms. The van der Waals surface area contributed by atoms with Crippen LogP contribution in [0.3, 0.4) is 0 Å². The van der Waals surface area contributed by atoms with Gasteiger partial charge in [-0.3, -0.25) is 0 Å². The van der Waals surface area contributed by atoms with Crippen LogP contribution in [0.25, 0.3) is 0 Å². The van der Waals surface area contributed by atoms with Crippen LogP contribution in [0.2, 0.25) is 0 Å². The lowest BCUT2D eigenvalue weighted by molar-refractivity contribution is 0.497. The molecule has 0 amide bonds. The zero-order valence-corrected chi connectivity index (χ0v) is 11.7. The van der Waals surface area contributed by atoms with E-state index in [-0.39, 0.29) is 6.04 Å². The van der Waals surface area contributed by atoms with Crippen LogP contribution in [-0.2, 0) is 6.42 Å². The third kappa shape index (κ3) is 3.58. The van der Waals surface area contributed by atoms with E-state index in [9.17, 15) is 8.78 Å². The van der Waals surface area contributed by atoms with Gasteiger partial charge in [-0.1, -0.05) is 13.0 Å². The van der Waals surface area contributed by atoms with E-state index in [1.165, 1.54) is 12.1 Å². The predicted octanol–water partition coefficient (Wildman–Crippen LogP) is 3.62. The summed E-state index contributed by atoms with van der Waals surface area (Å²) in [6.45, 7) is 4.69. The Balaban J connectivity index is 2.21. The highest BCUT2D eigenvalue weighted by Crippen LogP contribution is 2.22. The summed E-state index contributed by atoms with van der Waals surface area (Å²) in [7, 11) is 0. The Bertz CT molecular complexity index is 554. The minimum atomic E-state index is -0.816. The molecular weight excluding hydrogens is 266 g/mol. The number of halogens is 2. The maximum atomic E-state index is 13.3. The van der Waals surface area contributed by atoms with Crippen LogP contribution >= 0.6 is 11.3 Å². The maximum absolute atomic E-state index is 13.3. The molecule has 5 heteroatoms. The summed E-state index contributed by atoms with van der Waals surface area (Å²) in [4.78, 5) is 4.41. The van der Waals surface area contributed by atoms with Crippen LogP contribution in [0.5, 0.6) is 0 Å². The molecule has 1 atom stereocenters. The molecule has 1 aromatic heterocycles. The first-order chi connectivity index (χ1) is 9.10. The zero-order chi connectivity index (χ0) is 13.8.